The van der Waals surface area contributed by atoms with E-state index < -0.39 is 0 Å². The molecule has 3 aromatic rings. The molecular formula is C22H25FN4. The van der Waals surface area contributed by atoms with Gasteiger partial charge in [-0.3, -0.25) is 0 Å². The SMILES string of the molecule is Cc1cccc(F)c1-c1cc(NC[C@@H]2CCCCN2)c2cc(N)ncc2c1. The lowest BCUT2D eigenvalue weighted by molar-refractivity contribution is 0.414. The number of nitrogens with two attached hydrogens (primary N) is 1. The molecule has 5 heteroatoms. The van der Waals surface area contributed by atoms with E-state index in [0.29, 0.717) is 17.4 Å². The Balaban J connectivity index is 1.76. The summed E-state index contributed by atoms with van der Waals surface area (Å²) in [6, 6.07) is 11.5. The first-order valence-electron chi connectivity index (χ1n) is 9.54. The molecule has 4 N–H and O–H groups in total. The first-order valence-corrected chi connectivity index (χ1v) is 9.54. The normalized spacial score (nSPS) is 17.2. The van der Waals surface area contributed by atoms with Gasteiger partial charge in [-0.1, -0.05) is 18.6 Å². The van der Waals surface area contributed by atoms with Crippen molar-refractivity contribution in [3.8, 4) is 11.1 Å². The van der Waals surface area contributed by atoms with E-state index >= 15 is 0 Å². The minimum absolute atomic E-state index is 0.211. The van der Waals surface area contributed by atoms with Crippen LogP contribution < -0.4 is 16.4 Å². The second-order valence-electron chi connectivity index (χ2n) is 7.31. The van der Waals surface area contributed by atoms with E-state index in [1.807, 2.05) is 31.2 Å². The average Bonchev–Trinajstić information content (AvgIpc) is 2.67. The smallest absolute Gasteiger partial charge is 0.131 e. The van der Waals surface area contributed by atoms with Gasteiger partial charge in [-0.05, 0) is 61.7 Å². The van der Waals surface area contributed by atoms with Gasteiger partial charge >= 0.3 is 0 Å². The molecule has 4 nitrogen and oxygen atoms in total. The number of fused-ring (bicyclic) bond motifs is 1. The van der Waals surface area contributed by atoms with Crippen LogP contribution in [0.25, 0.3) is 21.9 Å². The molecule has 27 heavy (non-hydrogen) atoms. The number of piperidine rings is 1. The summed E-state index contributed by atoms with van der Waals surface area (Å²) in [5, 5.41) is 9.08. The highest BCUT2D eigenvalue weighted by Crippen LogP contribution is 2.34. The minimum atomic E-state index is -0.211. The zero-order valence-electron chi connectivity index (χ0n) is 15.6. The fourth-order valence-electron chi connectivity index (χ4n) is 3.89. The van der Waals surface area contributed by atoms with Gasteiger partial charge in [0.15, 0.2) is 0 Å². The molecule has 0 amide bonds. The molecule has 2 aromatic carbocycles. The maximum Gasteiger partial charge on any atom is 0.131 e. The van der Waals surface area contributed by atoms with Gasteiger partial charge in [0.1, 0.15) is 11.6 Å². The third kappa shape index (κ3) is 3.74. The van der Waals surface area contributed by atoms with E-state index in [2.05, 4.69) is 15.6 Å². The molecule has 1 aliphatic rings. The average molecular weight is 364 g/mol. The summed E-state index contributed by atoms with van der Waals surface area (Å²) in [6.45, 7) is 3.83. The second-order valence-corrected chi connectivity index (χ2v) is 7.31. The zero-order chi connectivity index (χ0) is 18.8. The second kappa shape index (κ2) is 7.53. The molecule has 0 saturated carbocycles. The first kappa shape index (κ1) is 17.7. The predicted molar refractivity (Wildman–Crippen MR) is 110 cm³/mol. The molecule has 0 unspecified atom stereocenters. The number of hydrogen-bond acceptors (Lipinski definition) is 4. The molecule has 4 rings (SSSR count). The van der Waals surface area contributed by atoms with Gasteiger partial charge in [0.25, 0.3) is 0 Å². The summed E-state index contributed by atoms with van der Waals surface area (Å²) in [5.41, 5.74) is 9.28. The lowest BCUT2D eigenvalue weighted by atomic mass is 9.96. The van der Waals surface area contributed by atoms with Crippen LogP contribution in [0, 0.1) is 12.7 Å². The Morgan fingerprint density at radius 2 is 2.15 bits per heavy atom. The maximum absolute atomic E-state index is 14.5. The summed E-state index contributed by atoms with van der Waals surface area (Å²) in [7, 11) is 0. The molecule has 1 atom stereocenters. The van der Waals surface area contributed by atoms with Gasteiger partial charge in [-0.15, -0.1) is 0 Å². The molecule has 1 saturated heterocycles. The van der Waals surface area contributed by atoms with Crippen LogP contribution in [0.3, 0.4) is 0 Å². The molecule has 0 radical (unpaired) electrons. The molecule has 1 fully saturated rings. The van der Waals surface area contributed by atoms with Crippen molar-refractivity contribution in [2.45, 2.75) is 32.2 Å². The summed E-state index contributed by atoms with van der Waals surface area (Å²) in [6.07, 6.45) is 5.42. The molecule has 0 bridgehead atoms. The van der Waals surface area contributed by atoms with Gasteiger partial charge in [0, 0.05) is 40.8 Å². The Morgan fingerprint density at radius 3 is 2.93 bits per heavy atom. The van der Waals surface area contributed by atoms with E-state index in [9.17, 15) is 4.39 Å². The van der Waals surface area contributed by atoms with Crippen LogP contribution in [0.4, 0.5) is 15.9 Å². The number of nitrogens with zero attached hydrogens (tertiary/aromatic N) is 1. The highest BCUT2D eigenvalue weighted by molar-refractivity contribution is 5.98. The van der Waals surface area contributed by atoms with Crippen molar-refractivity contribution < 1.29 is 4.39 Å². The third-order valence-electron chi connectivity index (χ3n) is 5.32. The van der Waals surface area contributed by atoms with Gasteiger partial charge in [-0.2, -0.15) is 0 Å². The Hall–Kier alpha value is -2.66. The number of hydrogen-bond donors (Lipinski definition) is 3. The van der Waals surface area contributed by atoms with E-state index in [4.69, 9.17) is 5.73 Å². The van der Waals surface area contributed by atoms with E-state index in [1.54, 1.807) is 12.3 Å². The van der Waals surface area contributed by atoms with Crippen LogP contribution in [-0.4, -0.2) is 24.1 Å². The Morgan fingerprint density at radius 1 is 1.26 bits per heavy atom. The molecule has 140 valence electrons. The minimum Gasteiger partial charge on any atom is -0.384 e. The number of pyridine rings is 1. The quantitative estimate of drug-likeness (QED) is 0.638. The monoisotopic (exact) mass is 364 g/mol. The number of nitrogens with one attached hydrogen (secondary N) is 2. The van der Waals surface area contributed by atoms with Crippen LogP contribution in [-0.2, 0) is 0 Å². The van der Waals surface area contributed by atoms with Gasteiger partial charge in [-0.25, -0.2) is 9.37 Å². The van der Waals surface area contributed by atoms with E-state index in [0.717, 1.165) is 40.7 Å². The summed E-state index contributed by atoms with van der Waals surface area (Å²) in [5.74, 6) is 0.272. The summed E-state index contributed by atoms with van der Waals surface area (Å²) in [4.78, 5) is 4.22. The van der Waals surface area contributed by atoms with Crippen molar-refractivity contribution in [1.82, 2.24) is 10.3 Å². The summed E-state index contributed by atoms with van der Waals surface area (Å²) >= 11 is 0. The van der Waals surface area contributed by atoms with Crippen LogP contribution in [0.15, 0.2) is 42.6 Å². The van der Waals surface area contributed by atoms with Crippen LogP contribution in [0.5, 0.6) is 0 Å². The predicted octanol–water partition coefficient (Wildman–Crippen LogP) is 4.49. The number of halogens is 1. The highest BCUT2D eigenvalue weighted by Gasteiger charge is 2.15. The topological polar surface area (TPSA) is 63.0 Å². The molecular weight excluding hydrogens is 339 g/mol. The van der Waals surface area contributed by atoms with Crippen molar-refractivity contribution in [2.75, 3.05) is 24.1 Å². The van der Waals surface area contributed by atoms with E-state index in [-0.39, 0.29) is 5.82 Å². The number of aromatic nitrogens is 1. The van der Waals surface area contributed by atoms with Crippen LogP contribution >= 0.6 is 0 Å². The van der Waals surface area contributed by atoms with Crippen LogP contribution in [0.2, 0.25) is 0 Å². The molecule has 2 heterocycles. The van der Waals surface area contributed by atoms with Gasteiger partial charge in [0.05, 0.1) is 0 Å². The van der Waals surface area contributed by atoms with Crippen molar-refractivity contribution in [3.05, 3.63) is 54.0 Å². The van der Waals surface area contributed by atoms with Crippen LogP contribution in [0.1, 0.15) is 24.8 Å². The summed E-state index contributed by atoms with van der Waals surface area (Å²) < 4.78 is 14.5. The van der Waals surface area contributed by atoms with Crippen molar-refractivity contribution in [1.29, 1.82) is 0 Å². The molecule has 1 aliphatic heterocycles. The van der Waals surface area contributed by atoms with Gasteiger partial charge in [0.2, 0.25) is 0 Å². The van der Waals surface area contributed by atoms with Crippen molar-refractivity contribution in [3.63, 3.8) is 0 Å². The maximum atomic E-state index is 14.5. The Bertz CT molecular complexity index is 944. The first-order chi connectivity index (χ1) is 13.1. The van der Waals surface area contributed by atoms with E-state index in [1.165, 1.54) is 25.3 Å². The lowest BCUT2D eigenvalue weighted by Gasteiger charge is -2.24. The zero-order valence-corrected chi connectivity index (χ0v) is 15.6. The number of anilines is 2. The van der Waals surface area contributed by atoms with Gasteiger partial charge < -0.3 is 16.4 Å². The molecule has 1 aromatic heterocycles. The molecule has 0 spiro atoms. The fourth-order valence-corrected chi connectivity index (χ4v) is 3.89. The standard InChI is InChI=1S/C22H25FN4/c1-14-5-4-7-19(23)22(14)15-9-16-12-27-21(24)11-18(16)20(10-15)26-13-17-6-2-3-8-25-17/h4-5,7,9-12,17,25-26H,2-3,6,8,13H2,1H3,(H2,24,27)/t17-/m0/s1. The van der Waals surface area contributed by atoms with Crippen molar-refractivity contribution in [2.24, 2.45) is 0 Å². The molecule has 0 aliphatic carbocycles. The highest BCUT2D eigenvalue weighted by atomic mass is 19.1. The Labute approximate surface area is 159 Å². The fraction of sp³-hybridized carbons (Fsp3) is 0.318. The third-order valence-corrected chi connectivity index (χ3v) is 5.32. The number of benzene rings is 2. The van der Waals surface area contributed by atoms with Crippen molar-refractivity contribution >= 4 is 22.3 Å². The Kier molecular flexibility index (Phi) is 4.94. The number of rotatable bonds is 4. The lowest BCUT2D eigenvalue weighted by Crippen LogP contribution is -2.39. The number of nitrogen functional groups attached to an aromatic ring is 1. The number of aryl methyl sites for hydroxylation is 1. The largest absolute Gasteiger partial charge is 0.384 e.